The molecule has 3 heteroatoms. The molecule has 0 bridgehead atoms. The molecule has 0 aromatic heterocycles. The number of dihydropyridines is 1. The third kappa shape index (κ3) is 1.23. The maximum absolute atomic E-state index is 5.63. The molecule has 3 nitrogen and oxygen atoms in total. The van der Waals surface area contributed by atoms with Crippen LogP contribution in [-0.4, -0.2) is 19.0 Å². The molecule has 1 aliphatic rings. The van der Waals surface area contributed by atoms with Crippen molar-refractivity contribution < 1.29 is 0 Å². The van der Waals surface area contributed by atoms with Gasteiger partial charge in [0.15, 0.2) is 0 Å². The summed E-state index contributed by atoms with van der Waals surface area (Å²) < 4.78 is 0. The average molecular weight is 137 g/mol. The van der Waals surface area contributed by atoms with Crippen molar-refractivity contribution >= 4 is 12.9 Å². The van der Waals surface area contributed by atoms with Crippen molar-refractivity contribution in [1.82, 2.24) is 0 Å². The van der Waals surface area contributed by atoms with Gasteiger partial charge in [0.2, 0.25) is 0 Å². The summed E-state index contributed by atoms with van der Waals surface area (Å²) in [6, 6.07) is 0.297. The molecule has 1 atom stereocenters. The van der Waals surface area contributed by atoms with Crippen LogP contribution >= 0.6 is 0 Å². The molecule has 0 aromatic carbocycles. The molecular formula is C7H11N3. The van der Waals surface area contributed by atoms with Crippen LogP contribution in [0.4, 0.5) is 0 Å². The molecule has 0 saturated carbocycles. The van der Waals surface area contributed by atoms with E-state index in [1.165, 1.54) is 0 Å². The molecule has 54 valence electrons. The fourth-order valence-corrected chi connectivity index (χ4v) is 0.899. The van der Waals surface area contributed by atoms with Gasteiger partial charge in [-0.3, -0.25) is 9.98 Å². The topological polar surface area (TPSA) is 50.7 Å². The van der Waals surface area contributed by atoms with Crippen LogP contribution in [0.15, 0.2) is 21.4 Å². The first-order chi connectivity index (χ1) is 4.74. The highest BCUT2D eigenvalue weighted by molar-refractivity contribution is 5.81. The van der Waals surface area contributed by atoms with Gasteiger partial charge in [-0.2, -0.15) is 0 Å². The van der Waals surface area contributed by atoms with Gasteiger partial charge in [0.05, 0.1) is 11.7 Å². The summed E-state index contributed by atoms with van der Waals surface area (Å²) >= 11 is 0. The van der Waals surface area contributed by atoms with Gasteiger partial charge in [0.1, 0.15) is 0 Å². The number of rotatable bonds is 1. The van der Waals surface area contributed by atoms with E-state index in [0.29, 0.717) is 6.04 Å². The largest absolute Gasteiger partial charge is 0.400 e. The van der Waals surface area contributed by atoms with E-state index in [4.69, 9.17) is 5.73 Å². The van der Waals surface area contributed by atoms with Crippen molar-refractivity contribution in [3.8, 4) is 0 Å². The second-order valence-electron chi connectivity index (χ2n) is 2.40. The molecule has 0 spiro atoms. The lowest BCUT2D eigenvalue weighted by Gasteiger charge is -2.12. The van der Waals surface area contributed by atoms with Crippen LogP contribution in [0.3, 0.4) is 0 Å². The van der Waals surface area contributed by atoms with Crippen LogP contribution < -0.4 is 5.73 Å². The van der Waals surface area contributed by atoms with Crippen molar-refractivity contribution in [2.24, 2.45) is 15.7 Å². The van der Waals surface area contributed by atoms with Crippen LogP contribution in [0.5, 0.6) is 0 Å². The maximum atomic E-state index is 5.63. The van der Waals surface area contributed by atoms with E-state index in [-0.39, 0.29) is 0 Å². The highest BCUT2D eigenvalue weighted by atomic mass is 14.9. The lowest BCUT2D eigenvalue weighted by molar-refractivity contribution is 0.715. The van der Waals surface area contributed by atoms with Gasteiger partial charge in [0.25, 0.3) is 0 Å². The Morgan fingerprint density at radius 2 is 2.60 bits per heavy atom. The molecule has 10 heavy (non-hydrogen) atoms. The highest BCUT2D eigenvalue weighted by Crippen LogP contribution is 2.12. The number of nitrogens with zero attached hydrogens (tertiary/aromatic N) is 2. The predicted molar refractivity (Wildman–Crippen MR) is 43.3 cm³/mol. The summed E-state index contributed by atoms with van der Waals surface area (Å²) in [5, 5.41) is 0. The standard InChI is InChI=1S/C7H11N3/c1-5-3-6(8)7(9-2)4-10-5/h4-5H,2-3,8H2,1H3. The van der Waals surface area contributed by atoms with Crippen LogP contribution in [0.25, 0.3) is 0 Å². The van der Waals surface area contributed by atoms with E-state index in [1.807, 2.05) is 6.92 Å². The second kappa shape index (κ2) is 2.64. The Labute approximate surface area is 60.4 Å². The first kappa shape index (κ1) is 6.99. The minimum atomic E-state index is 0.297. The van der Waals surface area contributed by atoms with Gasteiger partial charge >= 0.3 is 0 Å². The number of nitrogens with two attached hydrogens (primary N) is 1. The van der Waals surface area contributed by atoms with Crippen molar-refractivity contribution in [3.63, 3.8) is 0 Å². The molecule has 0 fully saturated rings. The number of hydrogen-bond acceptors (Lipinski definition) is 3. The summed E-state index contributed by atoms with van der Waals surface area (Å²) in [5.74, 6) is 0. The molecule has 1 heterocycles. The van der Waals surface area contributed by atoms with Crippen molar-refractivity contribution in [1.29, 1.82) is 0 Å². The van der Waals surface area contributed by atoms with E-state index in [1.54, 1.807) is 6.21 Å². The Kier molecular flexibility index (Phi) is 1.85. The molecular weight excluding hydrogens is 126 g/mol. The van der Waals surface area contributed by atoms with E-state index < -0.39 is 0 Å². The third-order valence-electron chi connectivity index (χ3n) is 1.47. The monoisotopic (exact) mass is 137 g/mol. The van der Waals surface area contributed by atoms with Crippen LogP contribution in [0, 0.1) is 0 Å². The predicted octanol–water partition coefficient (Wildman–Crippen LogP) is 0.720. The molecule has 0 aliphatic carbocycles. The summed E-state index contributed by atoms with van der Waals surface area (Å²) in [7, 11) is 0. The van der Waals surface area contributed by atoms with Crippen molar-refractivity contribution in [3.05, 3.63) is 11.4 Å². The molecule has 0 radical (unpaired) electrons. The van der Waals surface area contributed by atoms with Crippen LogP contribution in [0.2, 0.25) is 0 Å². The SMILES string of the molecule is C=NC1=C(N)CC(C)N=C1. The summed E-state index contributed by atoms with van der Waals surface area (Å²) in [5.41, 5.74) is 7.14. The highest BCUT2D eigenvalue weighted by Gasteiger charge is 2.09. The average Bonchev–Trinajstić information content (AvgIpc) is 1.88. The normalized spacial score (nSPS) is 25.1. The molecule has 1 unspecified atom stereocenters. The van der Waals surface area contributed by atoms with E-state index in [2.05, 4.69) is 16.7 Å². The zero-order valence-electron chi connectivity index (χ0n) is 6.04. The Hall–Kier alpha value is -1.12. The van der Waals surface area contributed by atoms with Crippen LogP contribution in [-0.2, 0) is 0 Å². The maximum Gasteiger partial charge on any atom is 0.0988 e. The number of hydrogen-bond donors (Lipinski definition) is 1. The summed E-state index contributed by atoms with van der Waals surface area (Å²) in [6.45, 7) is 5.40. The number of allylic oxidation sites excluding steroid dienone is 1. The molecule has 0 aromatic rings. The first-order valence-corrected chi connectivity index (χ1v) is 3.22. The van der Waals surface area contributed by atoms with Crippen molar-refractivity contribution in [2.75, 3.05) is 0 Å². The zero-order valence-corrected chi connectivity index (χ0v) is 6.04. The van der Waals surface area contributed by atoms with Gasteiger partial charge in [-0.25, -0.2) is 0 Å². The Bertz CT molecular complexity index is 203. The van der Waals surface area contributed by atoms with Gasteiger partial charge < -0.3 is 5.73 Å². The molecule has 0 saturated heterocycles. The third-order valence-corrected chi connectivity index (χ3v) is 1.47. The van der Waals surface area contributed by atoms with E-state index in [9.17, 15) is 0 Å². The quantitative estimate of drug-likeness (QED) is 0.532. The lowest BCUT2D eigenvalue weighted by Crippen LogP contribution is -2.14. The zero-order chi connectivity index (χ0) is 7.56. The fourth-order valence-electron chi connectivity index (χ4n) is 0.899. The summed E-state index contributed by atoms with van der Waals surface area (Å²) in [4.78, 5) is 7.85. The lowest BCUT2D eigenvalue weighted by atomic mass is 10.1. The Morgan fingerprint density at radius 1 is 1.90 bits per heavy atom. The minimum Gasteiger partial charge on any atom is -0.400 e. The molecule has 1 aliphatic heterocycles. The molecule has 1 rings (SSSR count). The summed E-state index contributed by atoms with van der Waals surface area (Å²) in [6.07, 6.45) is 2.47. The molecule has 0 amide bonds. The second-order valence-corrected chi connectivity index (χ2v) is 2.40. The van der Waals surface area contributed by atoms with Gasteiger partial charge in [0, 0.05) is 18.3 Å². The fraction of sp³-hybridized carbons (Fsp3) is 0.429. The first-order valence-electron chi connectivity index (χ1n) is 3.22. The smallest absolute Gasteiger partial charge is 0.0988 e. The minimum absolute atomic E-state index is 0.297. The Balaban J connectivity index is 2.82. The van der Waals surface area contributed by atoms with E-state index >= 15 is 0 Å². The van der Waals surface area contributed by atoms with Crippen molar-refractivity contribution in [2.45, 2.75) is 19.4 Å². The molecule has 2 N–H and O–H groups in total. The van der Waals surface area contributed by atoms with Crippen LogP contribution in [0.1, 0.15) is 13.3 Å². The Morgan fingerprint density at radius 3 is 3.10 bits per heavy atom. The van der Waals surface area contributed by atoms with Gasteiger partial charge in [-0.05, 0) is 13.6 Å². The van der Waals surface area contributed by atoms with Gasteiger partial charge in [-0.15, -0.1) is 0 Å². The number of aliphatic imine (C=N–C) groups is 2. The van der Waals surface area contributed by atoms with E-state index in [0.717, 1.165) is 17.8 Å². The van der Waals surface area contributed by atoms with Gasteiger partial charge in [-0.1, -0.05) is 0 Å².